The highest BCUT2D eigenvalue weighted by atomic mass is 35.5. The topological polar surface area (TPSA) is 128 Å². The Balaban J connectivity index is 1.85. The van der Waals surface area contributed by atoms with Crippen molar-refractivity contribution in [2.75, 3.05) is 18.5 Å². The molecule has 0 aliphatic heterocycles. The van der Waals surface area contributed by atoms with Crippen LogP contribution in [-0.2, 0) is 14.3 Å². The molecule has 2 amide bonds. The van der Waals surface area contributed by atoms with Gasteiger partial charge in [-0.15, -0.1) is 0 Å². The van der Waals surface area contributed by atoms with Crippen LogP contribution in [0.3, 0.4) is 0 Å². The SMILES string of the molecule is Cc1cc(C)c(NC(=O)COC(=O)CNC(=O)c2ccc(Cl)c([N+](=O)[O-])c2)c(Cl)c1. The average molecular weight is 454 g/mol. The van der Waals surface area contributed by atoms with E-state index in [1.807, 2.05) is 13.0 Å². The van der Waals surface area contributed by atoms with Crippen LogP contribution >= 0.6 is 23.2 Å². The molecule has 0 aromatic heterocycles. The van der Waals surface area contributed by atoms with E-state index >= 15 is 0 Å². The van der Waals surface area contributed by atoms with Crippen LogP contribution in [0.2, 0.25) is 10.0 Å². The second-order valence-electron chi connectivity index (χ2n) is 6.25. The number of halogens is 2. The Morgan fingerprint density at radius 2 is 1.80 bits per heavy atom. The maximum atomic E-state index is 12.0. The smallest absolute Gasteiger partial charge is 0.325 e. The van der Waals surface area contributed by atoms with E-state index in [-0.39, 0.29) is 10.6 Å². The fourth-order valence-electron chi connectivity index (χ4n) is 2.49. The summed E-state index contributed by atoms with van der Waals surface area (Å²) in [5.74, 6) is -2.20. The number of hydrogen-bond acceptors (Lipinski definition) is 6. The Morgan fingerprint density at radius 1 is 1.10 bits per heavy atom. The summed E-state index contributed by atoms with van der Waals surface area (Å²) >= 11 is 11.8. The monoisotopic (exact) mass is 453 g/mol. The molecule has 0 heterocycles. The van der Waals surface area contributed by atoms with Gasteiger partial charge in [0.15, 0.2) is 6.61 Å². The molecule has 158 valence electrons. The summed E-state index contributed by atoms with van der Waals surface area (Å²) < 4.78 is 4.81. The lowest BCUT2D eigenvalue weighted by Gasteiger charge is -2.12. The summed E-state index contributed by atoms with van der Waals surface area (Å²) in [5.41, 5.74) is 1.61. The van der Waals surface area contributed by atoms with E-state index in [0.717, 1.165) is 17.2 Å². The minimum Gasteiger partial charge on any atom is -0.454 e. The Hall–Kier alpha value is -3.17. The van der Waals surface area contributed by atoms with Gasteiger partial charge in [-0.05, 0) is 43.2 Å². The molecule has 2 aromatic rings. The molecule has 2 aromatic carbocycles. The van der Waals surface area contributed by atoms with Gasteiger partial charge < -0.3 is 15.4 Å². The predicted molar refractivity (Wildman–Crippen MR) is 111 cm³/mol. The van der Waals surface area contributed by atoms with Crippen LogP contribution in [0.25, 0.3) is 0 Å². The van der Waals surface area contributed by atoms with Crippen molar-refractivity contribution in [1.29, 1.82) is 0 Å². The lowest BCUT2D eigenvalue weighted by molar-refractivity contribution is -0.384. The van der Waals surface area contributed by atoms with Gasteiger partial charge in [-0.1, -0.05) is 29.3 Å². The van der Waals surface area contributed by atoms with Crippen molar-refractivity contribution in [2.24, 2.45) is 0 Å². The first kappa shape index (κ1) is 23.1. The van der Waals surface area contributed by atoms with E-state index in [4.69, 9.17) is 27.9 Å². The molecule has 30 heavy (non-hydrogen) atoms. The molecule has 0 unspecified atom stereocenters. The summed E-state index contributed by atoms with van der Waals surface area (Å²) in [7, 11) is 0. The number of ether oxygens (including phenoxy) is 1. The molecule has 11 heteroatoms. The molecule has 0 atom stereocenters. The summed E-state index contributed by atoms with van der Waals surface area (Å²) in [5, 5.41) is 15.9. The molecule has 0 aliphatic rings. The first-order valence-electron chi connectivity index (χ1n) is 8.53. The third kappa shape index (κ3) is 6.16. The molecular formula is C19H17Cl2N3O6. The number of aryl methyl sites for hydroxylation is 2. The third-order valence-electron chi connectivity index (χ3n) is 3.86. The molecule has 0 saturated carbocycles. The van der Waals surface area contributed by atoms with Crippen molar-refractivity contribution in [3.8, 4) is 0 Å². The fourth-order valence-corrected chi connectivity index (χ4v) is 3.05. The Morgan fingerprint density at radius 3 is 2.43 bits per heavy atom. The summed E-state index contributed by atoms with van der Waals surface area (Å²) in [6, 6.07) is 6.99. The zero-order valence-corrected chi connectivity index (χ0v) is 17.5. The standard InChI is InChI=1S/C19H17Cl2N3O6/c1-10-5-11(2)18(14(21)6-10)23-16(25)9-30-17(26)8-22-19(27)12-3-4-13(20)15(7-12)24(28)29/h3-7H,8-9H2,1-2H3,(H,22,27)(H,23,25). The molecule has 0 saturated heterocycles. The van der Waals surface area contributed by atoms with Crippen molar-refractivity contribution in [3.05, 3.63) is 67.2 Å². The minimum absolute atomic E-state index is 0.0545. The highest BCUT2D eigenvalue weighted by molar-refractivity contribution is 6.34. The fraction of sp³-hybridized carbons (Fsp3) is 0.211. The lowest BCUT2D eigenvalue weighted by atomic mass is 10.1. The zero-order valence-electron chi connectivity index (χ0n) is 16.0. The molecule has 0 fully saturated rings. The first-order valence-corrected chi connectivity index (χ1v) is 9.28. The van der Waals surface area contributed by atoms with Crippen LogP contribution in [0.1, 0.15) is 21.5 Å². The minimum atomic E-state index is -0.867. The van der Waals surface area contributed by atoms with E-state index in [1.165, 1.54) is 12.1 Å². The summed E-state index contributed by atoms with van der Waals surface area (Å²) in [6.07, 6.45) is 0. The van der Waals surface area contributed by atoms with Crippen LogP contribution in [0.15, 0.2) is 30.3 Å². The number of esters is 1. The molecule has 0 bridgehead atoms. The number of amides is 2. The predicted octanol–water partition coefficient (Wildman–Crippen LogP) is 3.43. The van der Waals surface area contributed by atoms with Gasteiger partial charge >= 0.3 is 5.97 Å². The van der Waals surface area contributed by atoms with Crippen LogP contribution in [0, 0.1) is 24.0 Å². The number of nitro groups is 1. The lowest BCUT2D eigenvalue weighted by Crippen LogP contribution is -2.32. The number of nitrogens with zero attached hydrogens (tertiary/aromatic N) is 1. The van der Waals surface area contributed by atoms with Gasteiger partial charge in [0.25, 0.3) is 17.5 Å². The van der Waals surface area contributed by atoms with Crippen LogP contribution in [-0.4, -0.2) is 35.9 Å². The van der Waals surface area contributed by atoms with Crippen LogP contribution in [0.4, 0.5) is 11.4 Å². The Kier molecular flexibility index (Phi) is 7.73. The van der Waals surface area contributed by atoms with Gasteiger partial charge in [0.1, 0.15) is 11.6 Å². The van der Waals surface area contributed by atoms with Gasteiger partial charge in [0.05, 0.1) is 15.6 Å². The van der Waals surface area contributed by atoms with Gasteiger partial charge in [0.2, 0.25) is 0 Å². The highest BCUT2D eigenvalue weighted by Gasteiger charge is 2.17. The average Bonchev–Trinajstić information content (AvgIpc) is 2.67. The number of carbonyl (C=O) groups excluding carboxylic acids is 3. The number of nitrogens with one attached hydrogen (secondary N) is 2. The van der Waals surface area contributed by atoms with Gasteiger partial charge in [-0.3, -0.25) is 24.5 Å². The van der Waals surface area contributed by atoms with Crippen molar-refractivity contribution < 1.29 is 24.0 Å². The van der Waals surface area contributed by atoms with Crippen LogP contribution in [0.5, 0.6) is 0 Å². The highest BCUT2D eigenvalue weighted by Crippen LogP contribution is 2.27. The van der Waals surface area contributed by atoms with Crippen molar-refractivity contribution in [3.63, 3.8) is 0 Å². The Bertz CT molecular complexity index is 1000. The molecule has 2 N–H and O–H groups in total. The van der Waals surface area contributed by atoms with Gasteiger partial charge in [0, 0.05) is 11.6 Å². The maximum absolute atomic E-state index is 12.0. The number of rotatable bonds is 7. The molecule has 9 nitrogen and oxygen atoms in total. The second-order valence-corrected chi connectivity index (χ2v) is 7.07. The van der Waals surface area contributed by atoms with E-state index < -0.39 is 41.5 Å². The number of carbonyl (C=O) groups is 3. The quantitative estimate of drug-likeness (QED) is 0.375. The second kappa shape index (κ2) is 10.0. The van der Waals surface area contributed by atoms with Crippen LogP contribution < -0.4 is 10.6 Å². The summed E-state index contributed by atoms with van der Waals surface area (Å²) in [6.45, 7) is 2.53. The van der Waals surface area contributed by atoms with Crippen molar-refractivity contribution in [2.45, 2.75) is 13.8 Å². The van der Waals surface area contributed by atoms with E-state index in [0.29, 0.717) is 10.7 Å². The van der Waals surface area contributed by atoms with E-state index in [1.54, 1.807) is 13.0 Å². The third-order valence-corrected chi connectivity index (χ3v) is 4.48. The molecular weight excluding hydrogens is 437 g/mol. The zero-order chi connectivity index (χ0) is 22.4. The van der Waals surface area contributed by atoms with Gasteiger partial charge in [-0.2, -0.15) is 0 Å². The van der Waals surface area contributed by atoms with Crippen molar-refractivity contribution in [1.82, 2.24) is 5.32 Å². The molecule has 2 rings (SSSR count). The molecule has 0 aliphatic carbocycles. The van der Waals surface area contributed by atoms with E-state index in [2.05, 4.69) is 10.6 Å². The number of anilines is 1. The molecule has 0 radical (unpaired) electrons. The number of nitro benzene ring substituents is 1. The largest absolute Gasteiger partial charge is 0.454 e. The van der Waals surface area contributed by atoms with Crippen molar-refractivity contribution >= 4 is 52.4 Å². The number of hydrogen-bond donors (Lipinski definition) is 2. The van der Waals surface area contributed by atoms with E-state index in [9.17, 15) is 24.5 Å². The number of benzene rings is 2. The normalized spacial score (nSPS) is 10.3. The van der Waals surface area contributed by atoms with Gasteiger partial charge in [-0.25, -0.2) is 0 Å². The maximum Gasteiger partial charge on any atom is 0.325 e. The molecule has 0 spiro atoms. The Labute approximate surface area is 181 Å². The first-order chi connectivity index (χ1) is 14.1. The summed E-state index contributed by atoms with van der Waals surface area (Å²) in [4.78, 5) is 45.9.